The highest BCUT2D eigenvalue weighted by Gasteiger charge is 2.32. The van der Waals surface area contributed by atoms with Crippen molar-refractivity contribution in [3.05, 3.63) is 35.9 Å². The predicted octanol–water partition coefficient (Wildman–Crippen LogP) is 8.22. The van der Waals surface area contributed by atoms with E-state index >= 15 is 0 Å². The van der Waals surface area contributed by atoms with E-state index in [-0.39, 0.29) is 18.0 Å². The number of carbonyl (C=O) groups excluding carboxylic acids is 2. The summed E-state index contributed by atoms with van der Waals surface area (Å²) in [5.74, 6) is 7.00. The first-order valence-corrected chi connectivity index (χ1v) is 15.0. The lowest BCUT2D eigenvalue weighted by Crippen LogP contribution is -2.54. The minimum atomic E-state index is -0.752. The van der Waals surface area contributed by atoms with Crippen LogP contribution in [0.4, 0.5) is 9.59 Å². The van der Waals surface area contributed by atoms with Gasteiger partial charge in [-0.05, 0) is 72.9 Å². The van der Waals surface area contributed by atoms with Crippen molar-refractivity contribution >= 4 is 18.1 Å². The standard InChI is InChI=1S/C33H51N3O4/c1-8-9-14-21-28(25-24-26-19-15-13-16-20-26)36(27-22-17-11-10-12-18-23-27)29(34-30(37)39-32(2,3)4)35-31(38)40-33(5,6)7/h13,15-16,19-20,27-28H,8-12,14,17-18,21-23H2,1-7H3,(H,34,35,37,38). The predicted molar refractivity (Wildman–Crippen MR) is 162 cm³/mol. The monoisotopic (exact) mass is 553 g/mol. The molecule has 1 N–H and O–H groups in total. The number of carbonyl (C=O) groups is 2. The fourth-order valence-electron chi connectivity index (χ4n) is 4.76. The van der Waals surface area contributed by atoms with Crippen LogP contribution in [0.1, 0.15) is 125 Å². The molecule has 1 saturated carbocycles. The van der Waals surface area contributed by atoms with E-state index in [4.69, 9.17) is 9.47 Å². The van der Waals surface area contributed by atoms with Crippen LogP contribution in [-0.4, -0.2) is 46.3 Å². The zero-order valence-corrected chi connectivity index (χ0v) is 25.8. The molecule has 0 aliphatic heterocycles. The third kappa shape index (κ3) is 13.4. The molecule has 1 aliphatic rings. The number of guanidine groups is 1. The number of nitrogens with one attached hydrogen (secondary N) is 1. The molecular formula is C33H51N3O4. The Labute approximate surface area is 242 Å². The Kier molecular flexibility index (Phi) is 13.5. The molecule has 0 bridgehead atoms. The molecule has 40 heavy (non-hydrogen) atoms. The van der Waals surface area contributed by atoms with Gasteiger partial charge < -0.3 is 14.4 Å². The third-order valence-electron chi connectivity index (χ3n) is 6.49. The summed E-state index contributed by atoms with van der Waals surface area (Å²) in [4.78, 5) is 32.6. The van der Waals surface area contributed by atoms with E-state index in [0.29, 0.717) is 0 Å². The lowest BCUT2D eigenvalue weighted by Gasteiger charge is -2.39. The van der Waals surface area contributed by atoms with Crippen LogP contribution in [-0.2, 0) is 9.47 Å². The van der Waals surface area contributed by atoms with Crippen molar-refractivity contribution in [2.75, 3.05) is 0 Å². The Hall–Kier alpha value is -3.01. The zero-order valence-electron chi connectivity index (χ0n) is 25.8. The number of ether oxygens (including phenoxy) is 2. The molecule has 1 atom stereocenters. The Morgan fingerprint density at radius 3 is 2.12 bits per heavy atom. The molecule has 7 nitrogen and oxygen atoms in total. The maximum Gasteiger partial charge on any atom is 0.437 e. The van der Waals surface area contributed by atoms with Gasteiger partial charge in [-0.1, -0.05) is 88.3 Å². The second-order valence-corrected chi connectivity index (χ2v) is 12.6. The van der Waals surface area contributed by atoms with Crippen LogP contribution in [0.5, 0.6) is 0 Å². The molecular weight excluding hydrogens is 502 g/mol. The van der Waals surface area contributed by atoms with Crippen molar-refractivity contribution in [2.24, 2.45) is 4.99 Å². The summed E-state index contributed by atoms with van der Waals surface area (Å²) >= 11 is 0. The summed E-state index contributed by atoms with van der Waals surface area (Å²) in [6.45, 7) is 13.0. The van der Waals surface area contributed by atoms with Crippen molar-refractivity contribution in [1.29, 1.82) is 0 Å². The number of hydrogen-bond donors (Lipinski definition) is 1. The molecule has 2 rings (SSSR count). The number of aliphatic imine (C=N–C) groups is 1. The summed E-state index contributed by atoms with van der Waals surface area (Å²) in [7, 11) is 0. The number of amides is 2. The Balaban J connectivity index is 2.62. The summed E-state index contributed by atoms with van der Waals surface area (Å²) in [6.07, 6.45) is 10.1. The lowest BCUT2D eigenvalue weighted by molar-refractivity contribution is 0.0548. The fraction of sp³-hybridized carbons (Fsp3) is 0.667. The summed E-state index contributed by atoms with van der Waals surface area (Å²) in [5, 5.41) is 2.84. The zero-order chi connectivity index (χ0) is 29.6. The topological polar surface area (TPSA) is 80.2 Å². The van der Waals surface area contributed by atoms with Crippen molar-refractivity contribution in [1.82, 2.24) is 10.2 Å². The molecule has 1 aromatic rings. The van der Waals surface area contributed by atoms with Gasteiger partial charge in [-0.15, -0.1) is 4.99 Å². The molecule has 0 heterocycles. The lowest BCUT2D eigenvalue weighted by atomic mass is 9.93. The maximum absolute atomic E-state index is 13.1. The normalized spacial score (nSPS) is 16.0. The SMILES string of the molecule is CCCCCC(C#Cc1ccccc1)N(/C(=N\C(=O)OC(C)(C)C)NC(=O)OC(C)(C)C)C1CCCCCCC1. The van der Waals surface area contributed by atoms with Gasteiger partial charge in [0.2, 0.25) is 5.96 Å². The quantitative estimate of drug-likeness (QED) is 0.166. The van der Waals surface area contributed by atoms with Gasteiger partial charge in [-0.25, -0.2) is 9.59 Å². The fourth-order valence-corrected chi connectivity index (χ4v) is 4.76. The number of unbranched alkanes of at least 4 members (excludes halogenated alkanes) is 2. The second-order valence-electron chi connectivity index (χ2n) is 12.6. The van der Waals surface area contributed by atoms with Gasteiger partial charge in [0.15, 0.2) is 0 Å². The molecule has 1 aromatic carbocycles. The van der Waals surface area contributed by atoms with Crippen LogP contribution in [0.15, 0.2) is 35.3 Å². The van der Waals surface area contributed by atoms with E-state index in [9.17, 15) is 9.59 Å². The van der Waals surface area contributed by atoms with E-state index in [2.05, 4.69) is 34.0 Å². The van der Waals surface area contributed by atoms with Crippen LogP contribution in [0.3, 0.4) is 0 Å². The van der Waals surface area contributed by atoms with E-state index in [1.165, 1.54) is 19.3 Å². The van der Waals surface area contributed by atoms with Crippen molar-refractivity contribution in [3.63, 3.8) is 0 Å². The van der Waals surface area contributed by atoms with Gasteiger partial charge in [0.25, 0.3) is 0 Å². The van der Waals surface area contributed by atoms with Gasteiger partial charge in [0.05, 0.1) is 6.04 Å². The molecule has 1 unspecified atom stereocenters. The molecule has 0 aromatic heterocycles. The van der Waals surface area contributed by atoms with Crippen molar-refractivity contribution < 1.29 is 19.1 Å². The highest BCUT2D eigenvalue weighted by atomic mass is 16.6. The van der Waals surface area contributed by atoms with Crippen molar-refractivity contribution in [2.45, 2.75) is 142 Å². The average Bonchev–Trinajstić information content (AvgIpc) is 2.81. The number of nitrogens with zero attached hydrogens (tertiary/aromatic N) is 2. The van der Waals surface area contributed by atoms with Crippen LogP contribution in [0.25, 0.3) is 0 Å². The minimum absolute atomic E-state index is 0.0631. The highest BCUT2D eigenvalue weighted by molar-refractivity contribution is 5.99. The van der Waals surface area contributed by atoms with Crippen molar-refractivity contribution in [3.8, 4) is 11.8 Å². The Morgan fingerprint density at radius 2 is 1.55 bits per heavy atom. The first kappa shape index (κ1) is 33.2. The molecule has 1 fully saturated rings. The minimum Gasteiger partial charge on any atom is -0.444 e. The molecule has 0 spiro atoms. The van der Waals surface area contributed by atoms with Gasteiger partial charge in [0, 0.05) is 11.6 Å². The Bertz CT molecular complexity index is 1000. The van der Waals surface area contributed by atoms with E-state index < -0.39 is 23.4 Å². The van der Waals surface area contributed by atoms with Crippen LogP contribution in [0, 0.1) is 11.8 Å². The Morgan fingerprint density at radius 1 is 0.950 bits per heavy atom. The smallest absolute Gasteiger partial charge is 0.437 e. The van der Waals surface area contributed by atoms with E-state index in [1.807, 2.05) is 51.1 Å². The van der Waals surface area contributed by atoms with Crippen LogP contribution in [0.2, 0.25) is 0 Å². The number of benzene rings is 1. The number of rotatable bonds is 6. The largest absolute Gasteiger partial charge is 0.444 e. The van der Waals surface area contributed by atoms with E-state index in [1.54, 1.807) is 20.8 Å². The third-order valence-corrected chi connectivity index (χ3v) is 6.49. The maximum atomic E-state index is 13.1. The number of hydrogen-bond acceptors (Lipinski definition) is 4. The van der Waals surface area contributed by atoms with E-state index in [0.717, 1.165) is 56.9 Å². The van der Waals surface area contributed by atoms with Gasteiger partial charge in [0.1, 0.15) is 11.2 Å². The second kappa shape index (κ2) is 16.3. The van der Waals surface area contributed by atoms with Gasteiger partial charge >= 0.3 is 12.2 Å². The number of alkyl carbamates (subject to hydrolysis) is 1. The molecule has 1 aliphatic carbocycles. The molecule has 0 radical (unpaired) electrons. The summed E-state index contributed by atoms with van der Waals surface area (Å²) in [6, 6.07) is 9.71. The van der Waals surface area contributed by atoms with Gasteiger partial charge in [-0.2, -0.15) is 0 Å². The molecule has 222 valence electrons. The first-order chi connectivity index (χ1) is 18.9. The van der Waals surface area contributed by atoms with Gasteiger partial charge in [-0.3, -0.25) is 5.32 Å². The molecule has 2 amide bonds. The first-order valence-electron chi connectivity index (χ1n) is 15.0. The molecule has 0 saturated heterocycles. The van der Waals surface area contributed by atoms with Crippen LogP contribution < -0.4 is 5.32 Å². The molecule has 7 heteroatoms. The summed E-state index contributed by atoms with van der Waals surface area (Å²) < 4.78 is 11.2. The average molecular weight is 554 g/mol. The van der Waals surface area contributed by atoms with Crippen LogP contribution >= 0.6 is 0 Å². The summed E-state index contributed by atoms with van der Waals surface area (Å²) in [5.41, 5.74) is -0.512. The highest BCUT2D eigenvalue weighted by Crippen LogP contribution is 2.26.